The van der Waals surface area contributed by atoms with Gasteiger partial charge in [0.05, 0.1) is 13.2 Å². The molecule has 0 radical (unpaired) electrons. The number of methoxy groups -OCH3 is 1. The van der Waals surface area contributed by atoms with Crippen molar-refractivity contribution < 1.29 is 42.2 Å². The number of carbonyl (C=O) groups excluding carboxylic acids is 5. The number of likely N-dealkylation sites (tertiary alicyclic amines) is 1. The van der Waals surface area contributed by atoms with E-state index in [4.69, 9.17) is 9.47 Å². The average Bonchev–Trinajstić information content (AvgIpc) is 3.76. The van der Waals surface area contributed by atoms with E-state index >= 15 is 0 Å². The highest BCUT2D eigenvalue weighted by molar-refractivity contribution is 6.38. The Bertz CT molecular complexity index is 1060. The van der Waals surface area contributed by atoms with Gasteiger partial charge in [-0.25, -0.2) is 13.6 Å². The number of nitrogens with zero attached hydrogens (tertiary/aromatic N) is 1. The Balaban J connectivity index is 1.60. The number of fused-ring (bicyclic) bond motifs is 3. The monoisotopic (exact) mass is 584 g/mol. The Morgan fingerprint density at radius 1 is 1.05 bits per heavy atom. The largest absolute Gasteiger partial charge is 0.453 e. The fraction of sp³-hybridized carbons (Fsp3) is 0.821. The molecular weight excluding hydrogens is 542 g/mol. The summed E-state index contributed by atoms with van der Waals surface area (Å²) >= 11 is 0. The van der Waals surface area contributed by atoms with E-state index < -0.39 is 71.9 Å². The van der Waals surface area contributed by atoms with Crippen LogP contribution in [0.3, 0.4) is 0 Å². The Kier molecular flexibility index (Phi) is 8.69. The van der Waals surface area contributed by atoms with Crippen molar-refractivity contribution in [1.29, 1.82) is 0 Å². The first-order valence-corrected chi connectivity index (χ1v) is 14.3. The Morgan fingerprint density at radius 2 is 1.68 bits per heavy atom. The maximum absolute atomic E-state index is 14.0. The van der Waals surface area contributed by atoms with Crippen LogP contribution < -0.4 is 16.0 Å². The smallest absolute Gasteiger partial charge is 0.407 e. The molecule has 4 rings (SSSR count). The summed E-state index contributed by atoms with van der Waals surface area (Å²) < 4.78 is 37.8. The number of hydrogen-bond donors (Lipinski definition) is 3. The number of alkyl halides is 2. The molecule has 230 valence electrons. The Morgan fingerprint density at radius 3 is 2.22 bits per heavy atom. The number of hydrogen-bond acceptors (Lipinski definition) is 7. The van der Waals surface area contributed by atoms with E-state index in [0.717, 1.165) is 12.8 Å². The van der Waals surface area contributed by atoms with Gasteiger partial charge in [0.25, 0.3) is 5.91 Å². The molecule has 13 heteroatoms. The third-order valence-corrected chi connectivity index (χ3v) is 8.97. The van der Waals surface area contributed by atoms with Gasteiger partial charge in [0.15, 0.2) is 0 Å². The number of rotatable bonds is 10. The first-order valence-electron chi connectivity index (χ1n) is 14.3. The van der Waals surface area contributed by atoms with Crippen molar-refractivity contribution in [1.82, 2.24) is 20.9 Å². The molecule has 2 saturated carbocycles. The van der Waals surface area contributed by atoms with E-state index in [1.807, 2.05) is 0 Å². The van der Waals surface area contributed by atoms with Gasteiger partial charge in [0, 0.05) is 32.2 Å². The topological polar surface area (TPSA) is 143 Å². The summed E-state index contributed by atoms with van der Waals surface area (Å²) in [6, 6.07) is -3.62. The number of alkyl carbamates (subject to hydrolysis) is 1. The Labute approximate surface area is 238 Å². The molecular formula is C28H42F2N4O7. The predicted octanol–water partition coefficient (Wildman–Crippen LogP) is 1.78. The van der Waals surface area contributed by atoms with Gasteiger partial charge in [0.2, 0.25) is 23.5 Å². The molecule has 1 spiro atoms. The molecule has 2 saturated heterocycles. The summed E-state index contributed by atoms with van der Waals surface area (Å²) in [6.07, 6.45) is 0.941. The van der Waals surface area contributed by atoms with Gasteiger partial charge in [-0.1, -0.05) is 20.8 Å². The van der Waals surface area contributed by atoms with Crippen molar-refractivity contribution in [2.45, 2.75) is 96.3 Å². The van der Waals surface area contributed by atoms with Crippen LogP contribution in [0.4, 0.5) is 13.6 Å². The molecule has 2 aliphatic heterocycles. The van der Waals surface area contributed by atoms with Crippen molar-refractivity contribution in [2.24, 2.45) is 22.7 Å². The lowest BCUT2D eigenvalue weighted by Crippen LogP contribution is -2.61. The van der Waals surface area contributed by atoms with E-state index in [9.17, 15) is 32.8 Å². The zero-order valence-corrected chi connectivity index (χ0v) is 24.4. The molecule has 5 atom stereocenters. The van der Waals surface area contributed by atoms with Crippen LogP contribution in [0, 0.1) is 22.7 Å². The van der Waals surface area contributed by atoms with Crippen LogP contribution in [0.2, 0.25) is 0 Å². The molecule has 4 fully saturated rings. The molecule has 0 unspecified atom stereocenters. The van der Waals surface area contributed by atoms with Crippen LogP contribution >= 0.6 is 0 Å². The molecule has 0 bridgehead atoms. The van der Waals surface area contributed by atoms with Gasteiger partial charge in [-0.2, -0.15) is 0 Å². The number of nitrogens with one attached hydrogen (secondary N) is 3. The quantitative estimate of drug-likeness (QED) is 0.332. The SMILES string of the molecule is COC(=O)N[C@H](C(=O)N1C[C@H]2[C@@H]([C@H]1C(=O)N[C@@H](CCC(C)(F)F)C(=O)C(=O)NC1CC1)C21CCOCC1)C(C)(C)C. The predicted molar refractivity (Wildman–Crippen MR) is 142 cm³/mol. The lowest BCUT2D eigenvalue weighted by atomic mass is 9.84. The van der Waals surface area contributed by atoms with Crippen LogP contribution in [0.1, 0.15) is 66.2 Å². The highest BCUT2D eigenvalue weighted by Gasteiger charge is 2.74. The van der Waals surface area contributed by atoms with Gasteiger partial charge >= 0.3 is 6.09 Å². The maximum Gasteiger partial charge on any atom is 0.407 e. The number of ether oxygens (including phenoxy) is 2. The molecule has 2 heterocycles. The van der Waals surface area contributed by atoms with E-state index in [-0.39, 0.29) is 29.8 Å². The number of ketones is 1. The summed E-state index contributed by atoms with van der Waals surface area (Å²) in [5.41, 5.74) is -0.940. The molecule has 0 aromatic heterocycles. The molecule has 41 heavy (non-hydrogen) atoms. The summed E-state index contributed by atoms with van der Waals surface area (Å²) in [6.45, 7) is 7.35. The van der Waals surface area contributed by atoms with Gasteiger partial charge in [0.1, 0.15) is 12.1 Å². The number of carbonyl (C=O) groups is 5. The second-order valence-electron chi connectivity index (χ2n) is 13.1. The molecule has 11 nitrogen and oxygen atoms in total. The first kappa shape index (κ1) is 31.1. The zero-order valence-electron chi connectivity index (χ0n) is 24.4. The number of amides is 4. The lowest BCUT2D eigenvalue weighted by Gasteiger charge is -2.39. The molecule has 0 aromatic rings. The fourth-order valence-electron chi connectivity index (χ4n) is 6.51. The van der Waals surface area contributed by atoms with Gasteiger partial charge < -0.3 is 30.3 Å². The molecule has 2 aliphatic carbocycles. The third kappa shape index (κ3) is 6.81. The van der Waals surface area contributed by atoms with Gasteiger partial charge in [-0.3, -0.25) is 19.2 Å². The van der Waals surface area contributed by atoms with E-state index in [0.29, 0.717) is 33.0 Å². The van der Waals surface area contributed by atoms with Crippen LogP contribution in [0.5, 0.6) is 0 Å². The standard InChI is InChI=1S/C28H42F2N4O7/c1-26(2,3)21(33-25(39)40-5)24(38)34-14-16-18(28(16)10-12-41-13-11-28)19(34)22(36)32-17(8-9-27(4,29)30)20(35)23(37)31-15-6-7-15/h15-19,21H,6-14H2,1-5H3,(H,31,37)(H,32,36)(H,33,39)/t16-,17-,18-,19-,21+/m0/s1. The van der Waals surface area contributed by atoms with Crippen LogP contribution in [0.25, 0.3) is 0 Å². The molecule has 0 aromatic carbocycles. The minimum Gasteiger partial charge on any atom is -0.453 e. The van der Waals surface area contributed by atoms with Gasteiger partial charge in [-0.15, -0.1) is 0 Å². The van der Waals surface area contributed by atoms with Gasteiger partial charge in [-0.05, 0) is 61.7 Å². The third-order valence-electron chi connectivity index (χ3n) is 8.97. The lowest BCUT2D eigenvalue weighted by molar-refractivity contribution is -0.146. The van der Waals surface area contributed by atoms with Crippen molar-refractivity contribution in [3.8, 4) is 0 Å². The number of Topliss-reactive ketones (excluding diaryl/α,β-unsaturated/α-hetero) is 1. The number of piperidine rings is 1. The highest BCUT2D eigenvalue weighted by Crippen LogP contribution is 2.70. The minimum absolute atomic E-state index is 0.0112. The normalized spacial score (nSPS) is 26.4. The molecule has 3 N–H and O–H groups in total. The average molecular weight is 585 g/mol. The first-order chi connectivity index (χ1) is 19.1. The maximum atomic E-state index is 14.0. The highest BCUT2D eigenvalue weighted by atomic mass is 19.3. The van der Waals surface area contributed by atoms with E-state index in [2.05, 4.69) is 16.0 Å². The van der Waals surface area contributed by atoms with Crippen molar-refractivity contribution in [2.75, 3.05) is 26.9 Å². The summed E-state index contributed by atoms with van der Waals surface area (Å²) in [5.74, 6) is -6.38. The van der Waals surface area contributed by atoms with Crippen LogP contribution in [-0.2, 0) is 28.7 Å². The summed E-state index contributed by atoms with van der Waals surface area (Å²) in [5, 5.41) is 7.73. The van der Waals surface area contributed by atoms with E-state index in [1.165, 1.54) is 12.0 Å². The van der Waals surface area contributed by atoms with E-state index in [1.54, 1.807) is 20.8 Å². The second kappa shape index (κ2) is 11.4. The Hall–Kier alpha value is -2.83. The van der Waals surface area contributed by atoms with Crippen molar-refractivity contribution >= 4 is 29.6 Å². The molecule has 4 aliphatic rings. The van der Waals surface area contributed by atoms with Crippen LogP contribution in [-0.4, -0.2) is 91.5 Å². The van der Waals surface area contributed by atoms with Crippen molar-refractivity contribution in [3.05, 3.63) is 0 Å². The summed E-state index contributed by atoms with van der Waals surface area (Å²) in [4.78, 5) is 67.0. The summed E-state index contributed by atoms with van der Waals surface area (Å²) in [7, 11) is 1.19. The fourth-order valence-corrected chi connectivity index (χ4v) is 6.51. The van der Waals surface area contributed by atoms with Crippen LogP contribution in [0.15, 0.2) is 0 Å². The van der Waals surface area contributed by atoms with Crippen molar-refractivity contribution in [3.63, 3.8) is 0 Å². The second-order valence-corrected chi connectivity index (χ2v) is 13.1. The minimum atomic E-state index is -3.11. The zero-order chi connectivity index (χ0) is 30.3. The number of halogens is 2. The molecule has 4 amide bonds.